The molecule has 1 amide bonds. The number of hydrogen-bond acceptors (Lipinski definition) is 3. The monoisotopic (exact) mass is 201 g/mol. The normalized spacial score (nSPS) is 26.6. The van der Waals surface area contributed by atoms with Crippen LogP contribution in [0.4, 0.5) is 4.79 Å². The molecule has 0 aromatic carbocycles. The predicted molar refractivity (Wildman–Crippen MR) is 49.0 cm³/mol. The molecule has 2 N–H and O–H groups in total. The third-order valence-corrected chi connectivity index (χ3v) is 2.33. The standard InChI is InChI=1S/C9H15NO4/c1-6(11)14-8-4-2-7(3-5-8)10-9(12)13/h7-8,10H,2-5H2,1H3,(H,12,13). The van der Waals surface area contributed by atoms with E-state index < -0.39 is 6.09 Å². The van der Waals surface area contributed by atoms with Crippen LogP contribution < -0.4 is 5.32 Å². The molecule has 1 saturated carbocycles. The van der Waals surface area contributed by atoms with Crippen LogP contribution in [-0.2, 0) is 9.53 Å². The maximum Gasteiger partial charge on any atom is 0.404 e. The molecule has 5 heteroatoms. The summed E-state index contributed by atoms with van der Waals surface area (Å²) in [5.41, 5.74) is 0. The summed E-state index contributed by atoms with van der Waals surface area (Å²) in [6, 6.07) is 0.0132. The first kappa shape index (κ1) is 10.8. The van der Waals surface area contributed by atoms with Crippen molar-refractivity contribution in [3.8, 4) is 0 Å². The van der Waals surface area contributed by atoms with Gasteiger partial charge in [-0.3, -0.25) is 4.79 Å². The van der Waals surface area contributed by atoms with Crippen molar-refractivity contribution >= 4 is 12.1 Å². The summed E-state index contributed by atoms with van der Waals surface area (Å²) in [6.07, 6.45) is 1.95. The van der Waals surface area contributed by atoms with Crippen molar-refractivity contribution < 1.29 is 19.4 Å². The second-order valence-electron chi connectivity index (χ2n) is 3.53. The lowest BCUT2D eigenvalue weighted by Gasteiger charge is -2.27. The average Bonchev–Trinajstić information content (AvgIpc) is 2.06. The minimum Gasteiger partial charge on any atom is -0.465 e. The Kier molecular flexibility index (Phi) is 3.73. The van der Waals surface area contributed by atoms with Gasteiger partial charge in [-0.05, 0) is 25.7 Å². The Bertz CT molecular complexity index is 197. The van der Waals surface area contributed by atoms with Crippen LogP contribution >= 0.6 is 0 Å². The third kappa shape index (κ3) is 3.64. The zero-order valence-corrected chi connectivity index (χ0v) is 8.16. The lowest BCUT2D eigenvalue weighted by atomic mass is 9.93. The molecule has 0 radical (unpaired) electrons. The van der Waals surface area contributed by atoms with Gasteiger partial charge in [-0.25, -0.2) is 4.79 Å². The smallest absolute Gasteiger partial charge is 0.404 e. The van der Waals surface area contributed by atoms with E-state index in [1.165, 1.54) is 6.92 Å². The van der Waals surface area contributed by atoms with Crippen molar-refractivity contribution in [1.82, 2.24) is 5.32 Å². The highest BCUT2D eigenvalue weighted by molar-refractivity contribution is 5.66. The van der Waals surface area contributed by atoms with Crippen LogP contribution in [0.15, 0.2) is 0 Å². The molecule has 1 fully saturated rings. The number of carbonyl (C=O) groups excluding carboxylic acids is 1. The molecular weight excluding hydrogens is 186 g/mol. The second-order valence-corrected chi connectivity index (χ2v) is 3.53. The molecule has 1 rings (SSSR count). The van der Waals surface area contributed by atoms with Gasteiger partial charge in [0.2, 0.25) is 0 Å². The maximum absolute atomic E-state index is 10.6. The fraction of sp³-hybridized carbons (Fsp3) is 0.778. The highest BCUT2D eigenvalue weighted by Crippen LogP contribution is 2.21. The Labute approximate surface area is 82.4 Å². The van der Waals surface area contributed by atoms with Crippen LogP contribution in [-0.4, -0.2) is 29.3 Å². The third-order valence-electron chi connectivity index (χ3n) is 2.33. The van der Waals surface area contributed by atoms with Crippen LogP contribution in [0.1, 0.15) is 32.6 Å². The summed E-state index contributed by atoms with van der Waals surface area (Å²) in [5, 5.41) is 10.9. The molecule has 0 saturated heterocycles. The lowest BCUT2D eigenvalue weighted by molar-refractivity contribution is -0.147. The van der Waals surface area contributed by atoms with Gasteiger partial charge in [-0.2, -0.15) is 0 Å². The van der Waals surface area contributed by atoms with E-state index in [1.807, 2.05) is 0 Å². The molecular formula is C9H15NO4. The van der Waals surface area contributed by atoms with E-state index in [0.29, 0.717) is 0 Å². The Balaban J connectivity index is 2.24. The summed E-state index contributed by atoms with van der Waals surface area (Å²) < 4.78 is 5.03. The molecule has 14 heavy (non-hydrogen) atoms. The Morgan fingerprint density at radius 3 is 2.29 bits per heavy atom. The number of ether oxygens (including phenoxy) is 1. The maximum atomic E-state index is 10.6. The second kappa shape index (κ2) is 4.83. The zero-order valence-electron chi connectivity index (χ0n) is 8.16. The van der Waals surface area contributed by atoms with Gasteiger partial charge < -0.3 is 15.2 Å². The predicted octanol–water partition coefficient (Wildman–Crippen LogP) is 1.13. The number of amides is 1. The molecule has 0 unspecified atom stereocenters. The first-order valence-corrected chi connectivity index (χ1v) is 4.74. The van der Waals surface area contributed by atoms with E-state index >= 15 is 0 Å². The molecule has 1 aliphatic carbocycles. The number of nitrogens with one attached hydrogen (secondary N) is 1. The molecule has 0 bridgehead atoms. The molecule has 0 aromatic rings. The Morgan fingerprint density at radius 2 is 1.86 bits per heavy atom. The molecule has 0 heterocycles. The molecule has 0 atom stereocenters. The van der Waals surface area contributed by atoms with E-state index in [-0.39, 0.29) is 18.1 Å². The quantitative estimate of drug-likeness (QED) is 0.656. The molecule has 5 nitrogen and oxygen atoms in total. The van der Waals surface area contributed by atoms with Crippen LogP contribution in [0.5, 0.6) is 0 Å². The van der Waals surface area contributed by atoms with Crippen LogP contribution in [0.2, 0.25) is 0 Å². The highest BCUT2D eigenvalue weighted by atomic mass is 16.5. The summed E-state index contributed by atoms with van der Waals surface area (Å²) in [5.74, 6) is -0.264. The van der Waals surface area contributed by atoms with Gasteiger partial charge in [0.25, 0.3) is 0 Å². The van der Waals surface area contributed by atoms with Gasteiger partial charge in [-0.15, -0.1) is 0 Å². The number of rotatable bonds is 2. The zero-order chi connectivity index (χ0) is 10.6. The van der Waals surface area contributed by atoms with Crippen molar-refractivity contribution in [2.24, 2.45) is 0 Å². The largest absolute Gasteiger partial charge is 0.465 e. The fourth-order valence-electron chi connectivity index (χ4n) is 1.73. The minimum atomic E-state index is -0.985. The number of carboxylic acid groups (broad SMARTS) is 1. The Hall–Kier alpha value is -1.26. The first-order chi connectivity index (χ1) is 6.58. The number of hydrogen-bond donors (Lipinski definition) is 2. The molecule has 0 spiro atoms. The summed E-state index contributed by atoms with van der Waals surface area (Å²) in [7, 11) is 0. The SMILES string of the molecule is CC(=O)OC1CCC(NC(=O)O)CC1. The van der Waals surface area contributed by atoms with Crippen molar-refractivity contribution in [2.75, 3.05) is 0 Å². The van der Waals surface area contributed by atoms with E-state index in [9.17, 15) is 9.59 Å². The molecule has 80 valence electrons. The number of carbonyl (C=O) groups is 2. The van der Waals surface area contributed by atoms with E-state index in [1.54, 1.807) is 0 Å². The summed E-state index contributed by atoms with van der Waals surface area (Å²) in [4.78, 5) is 21.0. The minimum absolute atomic E-state index is 0.0132. The fourth-order valence-corrected chi connectivity index (χ4v) is 1.73. The lowest BCUT2D eigenvalue weighted by Crippen LogP contribution is -2.38. The van der Waals surface area contributed by atoms with Gasteiger partial charge in [0.1, 0.15) is 6.10 Å². The van der Waals surface area contributed by atoms with Gasteiger partial charge in [0.15, 0.2) is 0 Å². The molecule has 0 aliphatic heterocycles. The highest BCUT2D eigenvalue weighted by Gasteiger charge is 2.23. The first-order valence-electron chi connectivity index (χ1n) is 4.74. The van der Waals surface area contributed by atoms with E-state index in [0.717, 1.165) is 25.7 Å². The van der Waals surface area contributed by atoms with Gasteiger partial charge in [0, 0.05) is 13.0 Å². The average molecular weight is 201 g/mol. The van der Waals surface area contributed by atoms with Gasteiger partial charge in [0.05, 0.1) is 0 Å². The van der Waals surface area contributed by atoms with Crippen molar-refractivity contribution in [2.45, 2.75) is 44.8 Å². The van der Waals surface area contributed by atoms with Crippen molar-refractivity contribution in [1.29, 1.82) is 0 Å². The van der Waals surface area contributed by atoms with Gasteiger partial charge >= 0.3 is 12.1 Å². The van der Waals surface area contributed by atoms with Crippen molar-refractivity contribution in [3.05, 3.63) is 0 Å². The van der Waals surface area contributed by atoms with Crippen LogP contribution in [0.25, 0.3) is 0 Å². The molecule has 0 aromatic heterocycles. The number of esters is 1. The van der Waals surface area contributed by atoms with Crippen LogP contribution in [0, 0.1) is 0 Å². The van der Waals surface area contributed by atoms with E-state index in [2.05, 4.69) is 5.32 Å². The topological polar surface area (TPSA) is 75.6 Å². The summed E-state index contributed by atoms with van der Waals surface area (Å²) >= 11 is 0. The van der Waals surface area contributed by atoms with Gasteiger partial charge in [-0.1, -0.05) is 0 Å². The Morgan fingerprint density at radius 1 is 1.29 bits per heavy atom. The van der Waals surface area contributed by atoms with Crippen molar-refractivity contribution in [3.63, 3.8) is 0 Å². The van der Waals surface area contributed by atoms with E-state index in [4.69, 9.17) is 9.84 Å². The summed E-state index contributed by atoms with van der Waals surface area (Å²) in [6.45, 7) is 1.39. The molecule has 1 aliphatic rings. The van der Waals surface area contributed by atoms with Crippen LogP contribution in [0.3, 0.4) is 0 Å².